The van der Waals surface area contributed by atoms with Crippen molar-refractivity contribution >= 4 is 5.91 Å². The molecule has 13 heavy (non-hydrogen) atoms. The van der Waals surface area contributed by atoms with E-state index in [0.717, 1.165) is 26.3 Å². The summed E-state index contributed by atoms with van der Waals surface area (Å²) < 4.78 is 5.18. The van der Waals surface area contributed by atoms with E-state index in [1.54, 1.807) is 0 Å². The molecule has 0 radical (unpaired) electrons. The zero-order valence-electron chi connectivity index (χ0n) is 7.95. The monoisotopic (exact) mass is 187 g/mol. The highest BCUT2D eigenvalue weighted by molar-refractivity contribution is 5.76. The Hall–Kier alpha value is -0.650. The van der Waals surface area contributed by atoms with Gasteiger partial charge in [0.05, 0.1) is 13.2 Å². The number of nitrogens with zero attached hydrogens (tertiary/aromatic N) is 1. The van der Waals surface area contributed by atoms with E-state index in [-0.39, 0.29) is 11.8 Å². The molecule has 0 aromatic rings. The van der Waals surface area contributed by atoms with Gasteiger partial charge in [0.1, 0.15) is 0 Å². The van der Waals surface area contributed by atoms with Crippen LogP contribution in [0, 0.1) is 5.92 Å². The third-order valence-electron chi connectivity index (χ3n) is 2.12. The van der Waals surface area contributed by atoms with Gasteiger partial charge in [-0.25, -0.2) is 5.01 Å². The smallest absolute Gasteiger partial charge is 0.221 e. The summed E-state index contributed by atoms with van der Waals surface area (Å²) in [5.74, 6) is -0.386. The van der Waals surface area contributed by atoms with Gasteiger partial charge >= 0.3 is 0 Å². The first kappa shape index (κ1) is 10.4. The lowest BCUT2D eigenvalue weighted by Crippen LogP contribution is -2.48. The van der Waals surface area contributed by atoms with E-state index >= 15 is 0 Å². The van der Waals surface area contributed by atoms with Crippen molar-refractivity contribution < 1.29 is 9.53 Å². The third kappa shape index (κ3) is 3.71. The van der Waals surface area contributed by atoms with E-state index in [1.165, 1.54) is 0 Å². The van der Waals surface area contributed by atoms with Crippen LogP contribution in [0.2, 0.25) is 0 Å². The van der Waals surface area contributed by atoms with Gasteiger partial charge in [-0.2, -0.15) is 0 Å². The number of ether oxygens (including phenoxy) is 1. The van der Waals surface area contributed by atoms with Gasteiger partial charge in [0.15, 0.2) is 0 Å². The predicted molar refractivity (Wildman–Crippen MR) is 48.8 cm³/mol. The Morgan fingerprint density at radius 1 is 1.62 bits per heavy atom. The van der Waals surface area contributed by atoms with Crippen LogP contribution in [0.15, 0.2) is 0 Å². The molecule has 0 bridgehead atoms. The summed E-state index contributed by atoms with van der Waals surface area (Å²) in [6, 6.07) is 0. The van der Waals surface area contributed by atoms with E-state index in [0.29, 0.717) is 6.54 Å². The Bertz CT molecular complexity index is 169. The lowest BCUT2D eigenvalue weighted by molar-refractivity contribution is -0.121. The van der Waals surface area contributed by atoms with Crippen LogP contribution in [-0.2, 0) is 9.53 Å². The van der Waals surface area contributed by atoms with E-state index in [9.17, 15) is 4.79 Å². The van der Waals surface area contributed by atoms with Crippen molar-refractivity contribution in [2.24, 2.45) is 11.7 Å². The maximum atomic E-state index is 10.7. The van der Waals surface area contributed by atoms with Crippen LogP contribution >= 0.6 is 0 Å². The minimum Gasteiger partial charge on any atom is -0.379 e. The van der Waals surface area contributed by atoms with Crippen LogP contribution in [0.3, 0.4) is 0 Å². The highest BCUT2D eigenvalue weighted by Gasteiger charge is 2.13. The summed E-state index contributed by atoms with van der Waals surface area (Å²) in [5, 5.41) is 2.06. The number of carbonyl (C=O) groups excluding carboxylic acids is 1. The molecule has 0 aromatic heterocycles. The maximum Gasteiger partial charge on any atom is 0.221 e. The molecule has 1 amide bonds. The fraction of sp³-hybridized carbons (Fsp3) is 0.875. The molecule has 1 heterocycles. The van der Waals surface area contributed by atoms with Gasteiger partial charge in [0.2, 0.25) is 5.91 Å². The number of rotatable bonds is 4. The Balaban J connectivity index is 2.13. The van der Waals surface area contributed by atoms with Gasteiger partial charge in [0.25, 0.3) is 0 Å². The number of morpholine rings is 1. The van der Waals surface area contributed by atoms with Crippen molar-refractivity contribution in [3.8, 4) is 0 Å². The molecule has 1 aliphatic heterocycles. The topological polar surface area (TPSA) is 67.6 Å². The van der Waals surface area contributed by atoms with Crippen LogP contribution in [0.5, 0.6) is 0 Å². The minimum absolute atomic E-state index is 0.122. The van der Waals surface area contributed by atoms with Gasteiger partial charge in [0, 0.05) is 25.6 Å². The Morgan fingerprint density at radius 3 is 2.77 bits per heavy atom. The number of hydrazine groups is 1. The molecule has 1 atom stereocenters. The summed E-state index contributed by atoms with van der Waals surface area (Å²) in [7, 11) is 0. The number of hydrogen-bond donors (Lipinski definition) is 2. The fourth-order valence-electron chi connectivity index (χ4n) is 1.09. The second-order valence-electron chi connectivity index (χ2n) is 3.27. The molecule has 1 saturated heterocycles. The van der Waals surface area contributed by atoms with Gasteiger partial charge in [-0.3, -0.25) is 10.2 Å². The SMILES string of the molecule is CC(CNN1CCOCC1)C(N)=O. The molecule has 0 aromatic carbocycles. The number of hydrogen-bond acceptors (Lipinski definition) is 4. The van der Waals surface area contributed by atoms with E-state index in [1.807, 2.05) is 6.92 Å². The molecule has 5 nitrogen and oxygen atoms in total. The zero-order chi connectivity index (χ0) is 9.68. The molecule has 3 N–H and O–H groups in total. The van der Waals surface area contributed by atoms with Gasteiger partial charge in [-0.15, -0.1) is 0 Å². The zero-order valence-corrected chi connectivity index (χ0v) is 7.95. The summed E-state index contributed by atoms with van der Waals surface area (Å²) in [6.07, 6.45) is 0. The largest absolute Gasteiger partial charge is 0.379 e. The van der Waals surface area contributed by atoms with Crippen LogP contribution in [-0.4, -0.2) is 43.8 Å². The third-order valence-corrected chi connectivity index (χ3v) is 2.12. The van der Waals surface area contributed by atoms with Gasteiger partial charge in [-0.1, -0.05) is 6.92 Å². The van der Waals surface area contributed by atoms with Gasteiger partial charge < -0.3 is 10.5 Å². The summed E-state index contributed by atoms with van der Waals surface area (Å²) >= 11 is 0. The molecule has 0 spiro atoms. The Kier molecular flexibility index (Phi) is 4.14. The number of carbonyl (C=O) groups is 1. The molecular weight excluding hydrogens is 170 g/mol. The molecule has 0 saturated carbocycles. The quantitative estimate of drug-likeness (QED) is 0.589. The minimum atomic E-state index is -0.263. The Morgan fingerprint density at radius 2 is 2.23 bits per heavy atom. The normalized spacial score (nSPS) is 21.3. The van der Waals surface area contributed by atoms with E-state index in [2.05, 4.69) is 10.4 Å². The van der Waals surface area contributed by atoms with Crippen LogP contribution < -0.4 is 11.2 Å². The highest BCUT2D eigenvalue weighted by Crippen LogP contribution is 1.95. The highest BCUT2D eigenvalue weighted by atomic mass is 16.5. The van der Waals surface area contributed by atoms with E-state index in [4.69, 9.17) is 10.5 Å². The lowest BCUT2D eigenvalue weighted by atomic mass is 10.2. The predicted octanol–water partition coefficient (Wildman–Crippen LogP) is -1.06. The molecular formula is C8H17N3O2. The number of primary amides is 1. The standard InChI is InChI=1S/C8H17N3O2/c1-7(8(9)12)6-10-11-2-4-13-5-3-11/h7,10H,2-6H2,1H3,(H2,9,12). The van der Waals surface area contributed by atoms with E-state index < -0.39 is 0 Å². The molecule has 76 valence electrons. The first-order valence-corrected chi connectivity index (χ1v) is 4.55. The molecule has 1 rings (SSSR count). The molecule has 1 unspecified atom stereocenters. The average Bonchev–Trinajstić information content (AvgIpc) is 2.15. The van der Waals surface area contributed by atoms with Crippen molar-refractivity contribution in [2.45, 2.75) is 6.92 Å². The van der Waals surface area contributed by atoms with Crippen molar-refractivity contribution in [1.29, 1.82) is 0 Å². The van der Waals surface area contributed by atoms with Crippen LogP contribution in [0.4, 0.5) is 0 Å². The lowest BCUT2D eigenvalue weighted by Gasteiger charge is -2.27. The van der Waals surface area contributed by atoms with Crippen molar-refractivity contribution in [3.05, 3.63) is 0 Å². The maximum absolute atomic E-state index is 10.7. The van der Waals surface area contributed by atoms with Crippen LogP contribution in [0.1, 0.15) is 6.92 Å². The summed E-state index contributed by atoms with van der Waals surface area (Å²) in [4.78, 5) is 10.7. The van der Waals surface area contributed by atoms with Crippen molar-refractivity contribution in [1.82, 2.24) is 10.4 Å². The summed E-state index contributed by atoms with van der Waals surface area (Å²) in [5.41, 5.74) is 8.28. The second-order valence-corrected chi connectivity index (χ2v) is 3.27. The first-order valence-electron chi connectivity index (χ1n) is 4.55. The van der Waals surface area contributed by atoms with Crippen LogP contribution in [0.25, 0.3) is 0 Å². The summed E-state index contributed by atoms with van der Waals surface area (Å²) in [6.45, 7) is 5.65. The second kappa shape index (κ2) is 5.16. The van der Waals surface area contributed by atoms with Crippen molar-refractivity contribution in [2.75, 3.05) is 32.8 Å². The first-order chi connectivity index (χ1) is 6.20. The fourth-order valence-corrected chi connectivity index (χ4v) is 1.09. The Labute approximate surface area is 78.2 Å². The molecule has 1 aliphatic rings. The van der Waals surface area contributed by atoms with Crippen molar-refractivity contribution in [3.63, 3.8) is 0 Å². The number of nitrogens with one attached hydrogen (secondary N) is 1. The number of nitrogens with two attached hydrogens (primary N) is 1. The molecule has 1 fully saturated rings. The molecule has 0 aliphatic carbocycles. The number of amides is 1. The average molecular weight is 187 g/mol. The van der Waals surface area contributed by atoms with Gasteiger partial charge in [-0.05, 0) is 0 Å². The molecule has 5 heteroatoms.